The molecular weight excluding hydrogens is 292 g/mol. The third-order valence-corrected chi connectivity index (χ3v) is 4.83. The monoisotopic (exact) mass is 304 g/mol. The first-order chi connectivity index (χ1) is 9.66. The molecule has 0 bridgehead atoms. The van der Waals surface area contributed by atoms with Crippen LogP contribution in [0.1, 0.15) is 17.9 Å². The Labute approximate surface area is 127 Å². The summed E-state index contributed by atoms with van der Waals surface area (Å²) < 4.78 is 0. The molecule has 1 fully saturated rings. The van der Waals surface area contributed by atoms with Crippen LogP contribution in [0.5, 0.6) is 0 Å². The van der Waals surface area contributed by atoms with Crippen molar-refractivity contribution < 1.29 is 4.79 Å². The number of rotatable bonds is 2. The summed E-state index contributed by atoms with van der Waals surface area (Å²) in [4.78, 5) is 18.4. The van der Waals surface area contributed by atoms with Gasteiger partial charge in [0.1, 0.15) is 5.37 Å². The van der Waals surface area contributed by atoms with Gasteiger partial charge in [-0.1, -0.05) is 17.7 Å². The minimum atomic E-state index is -0.0594. The Morgan fingerprint density at radius 1 is 1.25 bits per heavy atom. The minimum Gasteiger partial charge on any atom is -0.295 e. The summed E-state index contributed by atoms with van der Waals surface area (Å²) in [5.41, 5.74) is 1.90. The molecule has 2 heterocycles. The summed E-state index contributed by atoms with van der Waals surface area (Å²) in [5.74, 6) is 0.117. The average molecular weight is 305 g/mol. The number of anilines is 1. The van der Waals surface area contributed by atoms with Gasteiger partial charge in [0, 0.05) is 28.7 Å². The van der Waals surface area contributed by atoms with Crippen LogP contribution in [0.2, 0.25) is 5.02 Å². The van der Waals surface area contributed by atoms with Gasteiger partial charge in [-0.2, -0.15) is 0 Å². The Morgan fingerprint density at radius 2 is 2.00 bits per heavy atom. The number of hydrogen-bond donors (Lipinski definition) is 0. The molecule has 0 radical (unpaired) electrons. The van der Waals surface area contributed by atoms with Crippen LogP contribution in [0, 0.1) is 0 Å². The molecule has 2 atom stereocenters. The number of aromatic nitrogens is 1. The highest BCUT2D eigenvalue weighted by molar-refractivity contribution is 8.01. The lowest BCUT2D eigenvalue weighted by molar-refractivity contribution is -0.117. The number of carbonyl (C=O) groups is 1. The first-order valence-corrected chi connectivity index (χ1v) is 7.63. The molecular formula is C15H13ClN2OS. The summed E-state index contributed by atoms with van der Waals surface area (Å²) in [6, 6.07) is 11.3. The van der Waals surface area contributed by atoms with Crippen LogP contribution in [-0.2, 0) is 4.79 Å². The number of benzene rings is 1. The molecule has 1 amide bonds. The van der Waals surface area contributed by atoms with Gasteiger partial charge in [0.25, 0.3) is 0 Å². The molecule has 3 rings (SSSR count). The van der Waals surface area contributed by atoms with Gasteiger partial charge < -0.3 is 0 Å². The standard InChI is InChI=1S/C15H13ClN2OS/c1-10-14(19)18(13-6-4-12(16)5-7-13)15(20-10)11-3-2-8-17-9-11/h2-10,15H,1H3/t10-,15-/m0/s1. The van der Waals surface area contributed by atoms with E-state index in [1.165, 1.54) is 0 Å². The summed E-state index contributed by atoms with van der Waals surface area (Å²) in [7, 11) is 0. The summed E-state index contributed by atoms with van der Waals surface area (Å²) in [5, 5.41) is 0.572. The van der Waals surface area contributed by atoms with E-state index in [2.05, 4.69) is 4.98 Å². The molecule has 5 heteroatoms. The van der Waals surface area contributed by atoms with Crippen molar-refractivity contribution in [1.82, 2.24) is 4.98 Å². The normalized spacial score (nSPS) is 22.3. The van der Waals surface area contributed by atoms with E-state index in [0.717, 1.165) is 11.3 Å². The van der Waals surface area contributed by atoms with Crippen LogP contribution in [0.15, 0.2) is 48.8 Å². The van der Waals surface area contributed by atoms with E-state index in [1.54, 1.807) is 30.1 Å². The van der Waals surface area contributed by atoms with E-state index in [-0.39, 0.29) is 16.5 Å². The second-order valence-corrected chi connectivity index (χ2v) is 6.46. The summed E-state index contributed by atoms with van der Waals surface area (Å²) in [6.07, 6.45) is 3.55. The van der Waals surface area contributed by atoms with Crippen molar-refractivity contribution in [1.29, 1.82) is 0 Å². The maximum absolute atomic E-state index is 12.4. The van der Waals surface area contributed by atoms with Crippen LogP contribution in [-0.4, -0.2) is 16.1 Å². The van der Waals surface area contributed by atoms with Crippen LogP contribution in [0.3, 0.4) is 0 Å². The number of nitrogens with zero attached hydrogens (tertiary/aromatic N) is 2. The van der Waals surface area contributed by atoms with E-state index in [9.17, 15) is 4.79 Å². The van der Waals surface area contributed by atoms with Crippen molar-refractivity contribution in [3.05, 3.63) is 59.4 Å². The lowest BCUT2D eigenvalue weighted by Gasteiger charge is -2.24. The van der Waals surface area contributed by atoms with Gasteiger partial charge >= 0.3 is 0 Å². The SMILES string of the molecule is C[C@@H]1S[C@@H](c2cccnc2)N(c2ccc(Cl)cc2)C1=O. The van der Waals surface area contributed by atoms with Gasteiger partial charge in [0.05, 0.1) is 5.25 Å². The molecule has 0 unspecified atom stereocenters. The molecule has 20 heavy (non-hydrogen) atoms. The van der Waals surface area contributed by atoms with E-state index in [4.69, 9.17) is 11.6 Å². The van der Waals surface area contributed by atoms with Crippen molar-refractivity contribution >= 4 is 35.0 Å². The predicted octanol–water partition coefficient (Wildman–Crippen LogP) is 3.90. The topological polar surface area (TPSA) is 33.2 Å². The van der Waals surface area contributed by atoms with Gasteiger partial charge in [0.15, 0.2) is 0 Å². The van der Waals surface area contributed by atoms with Crippen molar-refractivity contribution in [2.75, 3.05) is 4.90 Å². The van der Waals surface area contributed by atoms with Gasteiger partial charge in [-0.3, -0.25) is 14.7 Å². The maximum atomic E-state index is 12.4. The second-order valence-electron chi connectivity index (χ2n) is 4.60. The zero-order valence-corrected chi connectivity index (χ0v) is 12.4. The Kier molecular flexibility index (Phi) is 3.68. The van der Waals surface area contributed by atoms with Gasteiger partial charge in [-0.25, -0.2) is 0 Å². The quantitative estimate of drug-likeness (QED) is 0.843. The molecule has 1 aliphatic rings. The third-order valence-electron chi connectivity index (χ3n) is 3.23. The van der Waals surface area contributed by atoms with Crippen molar-refractivity contribution in [2.24, 2.45) is 0 Å². The summed E-state index contributed by atoms with van der Waals surface area (Å²) in [6.45, 7) is 1.94. The van der Waals surface area contributed by atoms with Crippen molar-refractivity contribution in [3.63, 3.8) is 0 Å². The molecule has 0 N–H and O–H groups in total. The Hall–Kier alpha value is -1.52. The second kappa shape index (κ2) is 5.46. The highest BCUT2D eigenvalue weighted by Crippen LogP contribution is 2.45. The third kappa shape index (κ3) is 2.41. The lowest BCUT2D eigenvalue weighted by atomic mass is 10.2. The Balaban J connectivity index is 2.01. The highest BCUT2D eigenvalue weighted by Gasteiger charge is 2.39. The fourth-order valence-electron chi connectivity index (χ4n) is 2.24. The van der Waals surface area contributed by atoms with Crippen molar-refractivity contribution in [3.8, 4) is 0 Å². The summed E-state index contributed by atoms with van der Waals surface area (Å²) >= 11 is 7.56. The molecule has 0 saturated carbocycles. The highest BCUT2D eigenvalue weighted by atomic mass is 35.5. The zero-order chi connectivity index (χ0) is 14.1. The van der Waals surface area contributed by atoms with E-state index in [1.807, 2.05) is 42.3 Å². The molecule has 1 aliphatic heterocycles. The van der Waals surface area contributed by atoms with Gasteiger partial charge in [-0.15, -0.1) is 11.8 Å². The van der Waals surface area contributed by atoms with Crippen LogP contribution in [0.25, 0.3) is 0 Å². The number of amides is 1. The number of halogens is 1. The first-order valence-electron chi connectivity index (χ1n) is 6.31. The maximum Gasteiger partial charge on any atom is 0.241 e. The molecule has 102 valence electrons. The molecule has 1 saturated heterocycles. The molecule has 1 aromatic heterocycles. The zero-order valence-electron chi connectivity index (χ0n) is 10.9. The van der Waals surface area contributed by atoms with Crippen LogP contribution < -0.4 is 4.90 Å². The number of pyridine rings is 1. The fourth-order valence-corrected chi connectivity index (χ4v) is 3.62. The minimum absolute atomic E-state index is 0.0348. The van der Waals surface area contributed by atoms with Crippen LogP contribution >= 0.6 is 23.4 Å². The predicted molar refractivity (Wildman–Crippen MR) is 83.0 cm³/mol. The molecule has 0 aliphatic carbocycles. The lowest BCUT2D eigenvalue weighted by Crippen LogP contribution is -2.30. The smallest absolute Gasteiger partial charge is 0.241 e. The van der Waals surface area contributed by atoms with Crippen molar-refractivity contribution in [2.45, 2.75) is 17.5 Å². The first kappa shape index (κ1) is 13.5. The molecule has 2 aromatic rings. The van der Waals surface area contributed by atoms with Gasteiger partial charge in [0.2, 0.25) is 5.91 Å². The Bertz CT molecular complexity index is 618. The van der Waals surface area contributed by atoms with Crippen LogP contribution in [0.4, 0.5) is 5.69 Å². The Morgan fingerprint density at radius 3 is 2.65 bits per heavy atom. The van der Waals surface area contributed by atoms with E-state index >= 15 is 0 Å². The van der Waals surface area contributed by atoms with E-state index < -0.39 is 0 Å². The number of hydrogen-bond acceptors (Lipinski definition) is 3. The largest absolute Gasteiger partial charge is 0.295 e. The van der Waals surface area contributed by atoms with Gasteiger partial charge in [-0.05, 0) is 37.3 Å². The number of thioether (sulfide) groups is 1. The molecule has 3 nitrogen and oxygen atoms in total. The van der Waals surface area contributed by atoms with E-state index in [0.29, 0.717) is 5.02 Å². The fraction of sp³-hybridized carbons (Fsp3) is 0.200. The molecule has 1 aromatic carbocycles. The average Bonchev–Trinajstić information content (AvgIpc) is 2.77. The number of carbonyl (C=O) groups excluding carboxylic acids is 1. The molecule has 0 spiro atoms.